The SMILES string of the molecule is C/C1=C2/[N-][C@H]([C@H](CC(N)=O)[C@@]2(C)CCC(=O)NC[C@@H](C)OP(=O)(O)OC2C(CO)OC(n3cnc4cc(C)c(C)cc43)C2O)[C@]2(C)N=C(/C(C)=C3N=C(/C=C4N=C1[C@@H](CCC(N)=O)C\4(C)C)[C@@H](CCC(N)=O)[C@]\3(C)CC(N)=O)[C@@H](CCC(N)=O)[C@]2(C)CC(N)=O.[Co]. The minimum Gasteiger partial charge on any atom is -0.682 e. The number of carbonyl (C=O) groups excluding carboxylic acids is 7. The van der Waals surface area contributed by atoms with Gasteiger partial charge in [-0.05, 0) is 119 Å². The third kappa shape index (κ3) is 13.8. The number of benzene rings is 1. The number of nitrogens with two attached hydrogens (primary N) is 6. The number of aliphatic imine (C=N–C) groups is 3. The molecule has 8 bridgehead atoms. The van der Waals surface area contributed by atoms with Gasteiger partial charge in [-0.3, -0.25) is 57.6 Å². The van der Waals surface area contributed by atoms with Crippen LogP contribution in [0.25, 0.3) is 16.4 Å². The molecule has 1 aromatic heterocycles. The maximum Gasteiger partial charge on any atom is 0.472 e. The fraction of sp³-hybridized carbons (Fsp3) is 0.629. The summed E-state index contributed by atoms with van der Waals surface area (Å²) in [5, 5.41) is 30.2. The van der Waals surface area contributed by atoms with Crippen LogP contribution in [0.1, 0.15) is 150 Å². The first-order chi connectivity index (χ1) is 41.8. The molecule has 6 aliphatic rings. The van der Waals surface area contributed by atoms with Gasteiger partial charge in [-0.15, -0.1) is 0 Å². The molecule has 91 heavy (non-hydrogen) atoms. The van der Waals surface area contributed by atoms with Gasteiger partial charge in [0.05, 0.1) is 41.3 Å². The standard InChI is InChI=1S/C62H90N13O14P.Co/c1-29-20-39-40(21-30(29)2)75(28-70-39)57-52(84)53(41(27-76)87-57)89-90(85,86)88-31(3)26-69-49(83)18-19-59(8)37(22-46(66)80)56-62(11)61(10,25-48(68)82)36(14-17-45(65)79)51(74-62)33(5)55-60(9,24-47(67)81)34(12-15-43(63)77)38(71-55)23-42-58(6,7)35(13-16-44(64)78)50(72-42)32(4)54(59)73-56;/h20-21,23,28,31,34-37,41,52-53,56-57,76,84H,12-19,22,24-27H2,1-11H3,(H15,63,64,65,66,67,68,69,71,72,73,74,77,78,79,80,81,82,83,85,86);/p-1/t31-,34-,35-,36-,37+,41?,52?,53?,56-,57?,59-,60+,61+,62+;/m1./s1. The number of amides is 7. The molecule has 7 amide bonds. The Labute approximate surface area is 539 Å². The summed E-state index contributed by atoms with van der Waals surface area (Å²) < 4.78 is 32.3. The van der Waals surface area contributed by atoms with Gasteiger partial charge in [0.15, 0.2) is 6.23 Å². The summed E-state index contributed by atoms with van der Waals surface area (Å²) in [6, 6.07) is 2.68. The van der Waals surface area contributed by atoms with Crippen LogP contribution in [-0.4, -0.2) is 132 Å². The number of hydrogen-bond donors (Lipinski definition) is 10. The number of fused-ring (bicyclic) bond motifs is 7. The number of rotatable bonds is 26. The normalized spacial score (nSPS) is 33.8. The predicted octanol–water partition coefficient (Wildman–Crippen LogP) is 3.94. The summed E-state index contributed by atoms with van der Waals surface area (Å²) in [6.07, 6.45) is -4.47. The number of ether oxygens (including phenoxy) is 1. The predicted molar refractivity (Wildman–Crippen MR) is 334 cm³/mol. The second kappa shape index (κ2) is 26.8. The van der Waals surface area contributed by atoms with Gasteiger partial charge in [-0.1, -0.05) is 40.7 Å². The number of nitrogens with zero attached hydrogens (tertiary/aromatic N) is 6. The van der Waals surface area contributed by atoms with Gasteiger partial charge in [0.2, 0.25) is 41.4 Å². The first kappa shape index (κ1) is 71.9. The zero-order valence-electron chi connectivity index (χ0n) is 53.5. The topological polar surface area (TPSA) is 462 Å². The summed E-state index contributed by atoms with van der Waals surface area (Å²) in [5.41, 5.74) is 36.8. The van der Waals surface area contributed by atoms with Crippen molar-refractivity contribution in [3.8, 4) is 0 Å². The van der Waals surface area contributed by atoms with Gasteiger partial charge < -0.3 is 69.4 Å². The smallest absolute Gasteiger partial charge is 0.472 e. The van der Waals surface area contributed by atoms with E-state index in [2.05, 4.69) is 10.3 Å². The number of primary amides is 6. The van der Waals surface area contributed by atoms with Crippen LogP contribution in [0, 0.1) is 59.2 Å². The number of carbonyl (C=O) groups is 7. The van der Waals surface area contributed by atoms with Gasteiger partial charge >= 0.3 is 7.82 Å². The third-order valence-corrected chi connectivity index (χ3v) is 21.6. The summed E-state index contributed by atoms with van der Waals surface area (Å²) in [4.78, 5) is 125. The summed E-state index contributed by atoms with van der Waals surface area (Å²) in [6.45, 7) is 19.1. The van der Waals surface area contributed by atoms with Crippen molar-refractivity contribution >= 4 is 77.3 Å². The molecule has 5 unspecified atom stereocenters. The Morgan fingerprint density at radius 3 is 1.96 bits per heavy atom. The number of phosphoric acid groups is 1. The quantitative estimate of drug-likeness (QED) is 0.0596. The van der Waals surface area contributed by atoms with Gasteiger partial charge in [-0.25, -0.2) is 9.55 Å². The summed E-state index contributed by atoms with van der Waals surface area (Å²) in [7, 11) is -5.07. The Kier molecular flexibility index (Phi) is 21.2. The number of allylic oxidation sites excluding steroid dienone is 6. The van der Waals surface area contributed by atoms with Crippen LogP contribution < -0.4 is 39.7 Å². The first-order valence-electron chi connectivity index (χ1n) is 30.5. The molecule has 8 rings (SSSR count). The number of nitrogens with one attached hydrogen (secondary N) is 1. The van der Waals surface area contributed by atoms with Crippen LogP contribution in [-0.2, 0) is 68.7 Å². The minimum absolute atomic E-state index is 0. The Hall–Kier alpha value is -6.49. The van der Waals surface area contributed by atoms with Gasteiger partial charge in [0.25, 0.3) is 0 Å². The molecular weight excluding hydrogens is 1240 g/mol. The maximum absolute atomic E-state index is 14.4. The Bertz CT molecular complexity index is 3540. The molecule has 2 saturated heterocycles. The number of aliphatic hydroxyl groups is 2. The second-order valence-corrected chi connectivity index (χ2v) is 28.4. The van der Waals surface area contributed by atoms with E-state index in [1.165, 1.54) is 13.3 Å². The molecule has 2 fully saturated rings. The van der Waals surface area contributed by atoms with E-state index in [1.54, 1.807) is 11.5 Å². The Balaban J connectivity index is 0.0000118. The molecule has 29 heteroatoms. The molecule has 15 atom stereocenters. The van der Waals surface area contributed by atoms with E-state index in [1.807, 2.05) is 80.5 Å². The molecule has 16 N–H and O–H groups in total. The van der Waals surface area contributed by atoms with E-state index >= 15 is 0 Å². The molecule has 0 saturated carbocycles. The molecule has 7 heterocycles. The number of imidazole rings is 1. The van der Waals surface area contributed by atoms with Crippen molar-refractivity contribution in [3.63, 3.8) is 0 Å². The van der Waals surface area contributed by atoms with Crippen molar-refractivity contribution in [1.29, 1.82) is 0 Å². The molecule has 6 aliphatic heterocycles. The number of aryl methyl sites for hydroxylation is 2. The average Bonchev–Trinajstić information content (AvgIpc) is 1.53. The van der Waals surface area contributed by atoms with Crippen molar-refractivity contribution in [2.45, 2.75) is 189 Å². The largest absolute Gasteiger partial charge is 0.682 e. The van der Waals surface area contributed by atoms with E-state index in [0.29, 0.717) is 56.4 Å². The number of phosphoric ester groups is 1. The molecule has 2 aromatic rings. The van der Waals surface area contributed by atoms with Gasteiger partial charge in [-0.2, -0.15) is 5.70 Å². The molecule has 27 nitrogen and oxygen atoms in total. The zero-order valence-corrected chi connectivity index (χ0v) is 55.5. The van der Waals surface area contributed by atoms with Crippen LogP contribution >= 0.6 is 7.82 Å². The molecule has 1 radical (unpaired) electrons. The van der Waals surface area contributed by atoms with Crippen molar-refractivity contribution in [2.24, 2.45) is 94.7 Å². The first-order valence-corrected chi connectivity index (χ1v) is 32.0. The summed E-state index contributed by atoms with van der Waals surface area (Å²) in [5.74, 6) is -7.34. The van der Waals surface area contributed by atoms with E-state index in [0.717, 1.165) is 11.1 Å². The van der Waals surface area contributed by atoms with Gasteiger partial charge in [0.1, 0.15) is 18.3 Å². The number of aliphatic hydroxyl groups excluding tert-OH is 2. The fourth-order valence-corrected chi connectivity index (χ4v) is 16.5. The second-order valence-electron chi connectivity index (χ2n) is 27.0. The van der Waals surface area contributed by atoms with Crippen molar-refractivity contribution < 1.29 is 83.8 Å². The van der Waals surface area contributed by atoms with Crippen molar-refractivity contribution in [1.82, 2.24) is 14.9 Å². The molecule has 501 valence electrons. The molecular formula is C62H89CoN13O14P-. The van der Waals surface area contributed by atoms with Crippen molar-refractivity contribution in [2.75, 3.05) is 13.2 Å². The molecule has 0 spiro atoms. The zero-order chi connectivity index (χ0) is 66.7. The Morgan fingerprint density at radius 1 is 0.780 bits per heavy atom. The molecule has 0 aliphatic carbocycles. The van der Waals surface area contributed by atoms with E-state index < -0.39 is 143 Å². The van der Waals surface area contributed by atoms with Crippen LogP contribution in [0.5, 0.6) is 0 Å². The molecule has 1 aromatic carbocycles. The van der Waals surface area contributed by atoms with E-state index in [-0.39, 0.29) is 94.0 Å². The number of hydrogen-bond acceptors (Lipinski definition) is 17. The monoisotopic (exact) mass is 1330 g/mol. The van der Waals surface area contributed by atoms with Crippen LogP contribution in [0.4, 0.5) is 0 Å². The summed E-state index contributed by atoms with van der Waals surface area (Å²) >= 11 is 0. The maximum atomic E-state index is 14.4. The van der Waals surface area contributed by atoms with E-state index in [4.69, 9.17) is 68.5 Å². The van der Waals surface area contributed by atoms with E-state index in [9.17, 15) is 53.2 Å². The van der Waals surface area contributed by atoms with Crippen LogP contribution in [0.2, 0.25) is 0 Å². The fourth-order valence-electron chi connectivity index (χ4n) is 15.3. The van der Waals surface area contributed by atoms with Gasteiger partial charge in [0, 0.05) is 125 Å². The van der Waals surface area contributed by atoms with Crippen LogP contribution in [0.15, 0.2) is 67.8 Å². The minimum atomic E-state index is -5.07. The average molecular weight is 1330 g/mol. The number of aromatic nitrogens is 2. The third-order valence-electron chi connectivity index (χ3n) is 20.5. The Morgan fingerprint density at radius 2 is 1.37 bits per heavy atom. The van der Waals surface area contributed by atoms with Crippen molar-refractivity contribution in [3.05, 3.63) is 69.2 Å². The van der Waals surface area contributed by atoms with Crippen LogP contribution in [0.3, 0.4) is 0 Å².